The quantitative estimate of drug-likeness (QED) is 0.689. The lowest BCUT2D eigenvalue weighted by atomic mass is 9.86. The van der Waals surface area contributed by atoms with E-state index >= 15 is 0 Å². The standard InChI is InChI=1S/C24H32O6/c1-15(14-23(5)22(26)24(6,27)18(4)30-23)12-10-8-9-11-13-19-16(2)20(28-7)17(3)21(25)29-19/h8-14,18,22,26-27H,1-7H3/b9-8+,12-10-,13-11-,15-14+. The van der Waals surface area contributed by atoms with E-state index in [-0.39, 0.29) is 0 Å². The number of aliphatic hydroxyl groups is 2. The lowest BCUT2D eigenvalue weighted by Crippen LogP contribution is -2.47. The van der Waals surface area contributed by atoms with E-state index in [2.05, 4.69) is 0 Å². The van der Waals surface area contributed by atoms with Gasteiger partial charge in [0, 0.05) is 5.56 Å². The molecule has 164 valence electrons. The van der Waals surface area contributed by atoms with Crippen LogP contribution in [-0.2, 0) is 4.74 Å². The highest BCUT2D eigenvalue weighted by Gasteiger charge is 2.55. The van der Waals surface area contributed by atoms with Crippen LogP contribution in [0, 0.1) is 13.8 Å². The van der Waals surface area contributed by atoms with Crippen LogP contribution < -0.4 is 10.4 Å². The van der Waals surface area contributed by atoms with Crippen LogP contribution in [0.2, 0.25) is 0 Å². The van der Waals surface area contributed by atoms with Crippen LogP contribution in [-0.4, -0.2) is 40.7 Å². The third-order valence-corrected chi connectivity index (χ3v) is 5.57. The van der Waals surface area contributed by atoms with Crippen molar-refractivity contribution in [2.24, 2.45) is 0 Å². The first-order valence-electron chi connectivity index (χ1n) is 9.91. The third kappa shape index (κ3) is 4.83. The van der Waals surface area contributed by atoms with E-state index in [9.17, 15) is 15.0 Å². The van der Waals surface area contributed by atoms with E-state index in [1.807, 2.05) is 44.2 Å². The van der Waals surface area contributed by atoms with Crippen LogP contribution >= 0.6 is 0 Å². The summed E-state index contributed by atoms with van der Waals surface area (Å²) in [4.78, 5) is 11.9. The van der Waals surface area contributed by atoms with Crippen molar-refractivity contribution in [1.29, 1.82) is 0 Å². The summed E-state index contributed by atoms with van der Waals surface area (Å²) in [5.41, 5.74) is -0.567. The van der Waals surface area contributed by atoms with E-state index in [1.165, 1.54) is 7.11 Å². The Morgan fingerprint density at radius 3 is 2.33 bits per heavy atom. The topological polar surface area (TPSA) is 89.1 Å². The molecule has 0 aliphatic carbocycles. The van der Waals surface area contributed by atoms with Gasteiger partial charge >= 0.3 is 5.63 Å². The summed E-state index contributed by atoms with van der Waals surface area (Å²) in [6.45, 7) is 10.5. The zero-order valence-electron chi connectivity index (χ0n) is 18.7. The van der Waals surface area contributed by atoms with Gasteiger partial charge in [0.1, 0.15) is 28.8 Å². The van der Waals surface area contributed by atoms with Crippen LogP contribution in [0.4, 0.5) is 0 Å². The number of rotatable bonds is 6. The van der Waals surface area contributed by atoms with Crippen LogP contribution in [0.3, 0.4) is 0 Å². The van der Waals surface area contributed by atoms with Crippen LogP contribution in [0.25, 0.3) is 6.08 Å². The molecule has 0 saturated carbocycles. The van der Waals surface area contributed by atoms with Gasteiger partial charge in [0.2, 0.25) is 0 Å². The Hall–Kier alpha value is -2.41. The second kappa shape index (κ2) is 9.16. The van der Waals surface area contributed by atoms with Gasteiger partial charge in [-0.05, 0) is 53.7 Å². The summed E-state index contributed by atoms with van der Waals surface area (Å²) >= 11 is 0. The molecule has 6 heteroatoms. The van der Waals surface area contributed by atoms with Crippen molar-refractivity contribution < 1.29 is 24.1 Å². The molecular weight excluding hydrogens is 384 g/mol. The molecule has 1 saturated heterocycles. The highest BCUT2D eigenvalue weighted by Crippen LogP contribution is 2.39. The Bertz CT molecular complexity index is 947. The van der Waals surface area contributed by atoms with Crippen molar-refractivity contribution in [2.45, 2.75) is 65.0 Å². The molecule has 4 atom stereocenters. The van der Waals surface area contributed by atoms with Gasteiger partial charge < -0.3 is 24.1 Å². The summed E-state index contributed by atoms with van der Waals surface area (Å²) in [5, 5.41) is 20.8. The number of aliphatic hydroxyl groups excluding tert-OH is 1. The van der Waals surface area contributed by atoms with Gasteiger partial charge in [-0.2, -0.15) is 0 Å². The molecule has 0 bridgehead atoms. The highest BCUT2D eigenvalue weighted by atomic mass is 16.6. The summed E-state index contributed by atoms with van der Waals surface area (Å²) in [6, 6.07) is 0. The van der Waals surface area contributed by atoms with Gasteiger partial charge in [-0.25, -0.2) is 4.79 Å². The second-order valence-electron chi connectivity index (χ2n) is 8.10. The Morgan fingerprint density at radius 2 is 1.77 bits per heavy atom. The summed E-state index contributed by atoms with van der Waals surface area (Å²) in [6.07, 6.45) is 11.2. The number of hydrogen-bond donors (Lipinski definition) is 2. The number of hydrogen-bond acceptors (Lipinski definition) is 6. The monoisotopic (exact) mass is 416 g/mol. The normalized spacial score (nSPS) is 30.2. The molecular formula is C24H32O6. The molecule has 1 aromatic rings. The first kappa shape index (κ1) is 23.9. The maximum absolute atomic E-state index is 11.9. The van der Waals surface area contributed by atoms with Gasteiger partial charge in [-0.1, -0.05) is 36.0 Å². The molecule has 1 aliphatic heterocycles. The first-order chi connectivity index (χ1) is 13.9. The van der Waals surface area contributed by atoms with Gasteiger partial charge in [-0.15, -0.1) is 0 Å². The maximum atomic E-state index is 11.9. The van der Waals surface area contributed by atoms with Crippen molar-refractivity contribution in [2.75, 3.05) is 7.11 Å². The zero-order valence-corrected chi connectivity index (χ0v) is 18.7. The molecule has 0 radical (unpaired) electrons. The van der Waals surface area contributed by atoms with Gasteiger partial charge in [0.15, 0.2) is 0 Å². The smallest absolute Gasteiger partial charge is 0.342 e. The van der Waals surface area contributed by atoms with Gasteiger partial charge in [0.05, 0.1) is 18.8 Å². The van der Waals surface area contributed by atoms with E-state index in [0.717, 1.165) is 11.1 Å². The Balaban J connectivity index is 2.07. The molecule has 0 amide bonds. The molecule has 1 fully saturated rings. The average molecular weight is 417 g/mol. The van der Waals surface area contributed by atoms with Crippen LogP contribution in [0.5, 0.6) is 5.75 Å². The Morgan fingerprint density at radius 1 is 1.13 bits per heavy atom. The number of methoxy groups -OCH3 is 1. The average Bonchev–Trinajstić information content (AvgIpc) is 2.81. The fraction of sp³-hybridized carbons (Fsp3) is 0.458. The van der Waals surface area contributed by atoms with E-state index in [0.29, 0.717) is 17.1 Å². The van der Waals surface area contributed by atoms with E-state index in [4.69, 9.17) is 13.9 Å². The van der Waals surface area contributed by atoms with Crippen LogP contribution in [0.1, 0.15) is 44.6 Å². The molecule has 0 aromatic carbocycles. The predicted octanol–water partition coefficient (Wildman–Crippen LogP) is 3.63. The largest absolute Gasteiger partial charge is 0.496 e. The van der Waals surface area contributed by atoms with E-state index in [1.54, 1.807) is 39.8 Å². The van der Waals surface area contributed by atoms with Crippen molar-refractivity contribution in [3.05, 3.63) is 69.3 Å². The fourth-order valence-electron chi connectivity index (χ4n) is 3.66. The first-order valence-corrected chi connectivity index (χ1v) is 9.91. The molecule has 6 nitrogen and oxygen atoms in total. The Labute approximate surface area is 177 Å². The molecule has 2 N–H and O–H groups in total. The number of allylic oxidation sites excluding steroid dienone is 6. The Kier molecular flexibility index (Phi) is 7.29. The highest BCUT2D eigenvalue weighted by molar-refractivity contribution is 5.54. The summed E-state index contributed by atoms with van der Waals surface area (Å²) in [5.74, 6) is 0.988. The van der Waals surface area contributed by atoms with Gasteiger partial charge in [-0.3, -0.25) is 0 Å². The van der Waals surface area contributed by atoms with Gasteiger partial charge in [0.25, 0.3) is 0 Å². The maximum Gasteiger partial charge on any atom is 0.342 e. The minimum Gasteiger partial charge on any atom is -0.496 e. The predicted molar refractivity (Wildman–Crippen MR) is 118 cm³/mol. The summed E-state index contributed by atoms with van der Waals surface area (Å²) in [7, 11) is 1.53. The molecule has 4 unspecified atom stereocenters. The van der Waals surface area contributed by atoms with Crippen molar-refractivity contribution in [1.82, 2.24) is 0 Å². The molecule has 30 heavy (non-hydrogen) atoms. The molecule has 2 rings (SSSR count). The fourth-order valence-corrected chi connectivity index (χ4v) is 3.66. The lowest BCUT2D eigenvalue weighted by molar-refractivity contribution is -0.0579. The lowest BCUT2D eigenvalue weighted by Gasteiger charge is -2.28. The van der Waals surface area contributed by atoms with E-state index < -0.39 is 29.0 Å². The van der Waals surface area contributed by atoms with Crippen molar-refractivity contribution >= 4 is 6.08 Å². The number of ether oxygens (including phenoxy) is 2. The zero-order chi connectivity index (χ0) is 22.7. The van der Waals surface area contributed by atoms with Crippen molar-refractivity contribution in [3.8, 4) is 5.75 Å². The van der Waals surface area contributed by atoms with Crippen molar-refractivity contribution in [3.63, 3.8) is 0 Å². The van der Waals surface area contributed by atoms with Crippen LogP contribution in [0.15, 0.2) is 51.2 Å². The molecule has 2 heterocycles. The second-order valence-corrected chi connectivity index (χ2v) is 8.10. The SMILES string of the molecule is COc1c(C)c(\C=C/C=C/C=C\C(C)=C\C2(C)OC(C)C(C)(O)C2O)oc(=O)c1C. The molecule has 1 aromatic heterocycles. The molecule has 1 aliphatic rings. The summed E-state index contributed by atoms with van der Waals surface area (Å²) < 4.78 is 16.4. The minimum absolute atomic E-state index is 0.417. The minimum atomic E-state index is -1.30. The molecule has 0 spiro atoms. The third-order valence-electron chi connectivity index (χ3n) is 5.57.